The highest BCUT2D eigenvalue weighted by atomic mass is 16.5. The molecule has 2 aromatic heterocycles. The van der Waals surface area contributed by atoms with Crippen molar-refractivity contribution in [1.82, 2.24) is 15.0 Å². The smallest absolute Gasteiger partial charge is 0.276 e. The van der Waals surface area contributed by atoms with Gasteiger partial charge < -0.3 is 9.42 Å². The molecule has 25 heavy (non-hydrogen) atoms. The summed E-state index contributed by atoms with van der Waals surface area (Å²) in [5.41, 5.74) is 3.34. The van der Waals surface area contributed by atoms with Gasteiger partial charge in [0.05, 0.1) is 0 Å². The third kappa shape index (κ3) is 3.76. The lowest BCUT2D eigenvalue weighted by atomic mass is 10.1. The van der Waals surface area contributed by atoms with Crippen LogP contribution in [0.1, 0.15) is 28.7 Å². The maximum Gasteiger partial charge on any atom is 0.276 e. The van der Waals surface area contributed by atoms with Gasteiger partial charge in [-0.3, -0.25) is 9.78 Å². The molecule has 1 atom stereocenters. The number of pyridine rings is 1. The zero-order chi connectivity index (χ0) is 17.8. The Morgan fingerprint density at radius 3 is 2.68 bits per heavy atom. The number of carbonyl (C=O) groups is 1. The number of carbonyl (C=O) groups excluding carboxylic acids is 1. The average Bonchev–Trinajstić information content (AvgIpc) is 3.13. The molecule has 3 rings (SSSR count). The Kier molecular flexibility index (Phi) is 4.93. The summed E-state index contributed by atoms with van der Waals surface area (Å²) < 4.78 is 5.33. The van der Waals surface area contributed by atoms with Crippen LogP contribution in [0.15, 0.2) is 59.3 Å². The summed E-state index contributed by atoms with van der Waals surface area (Å²) in [5.74, 6) is 0.428. The number of nitrogens with zero attached hydrogens (tertiary/aromatic N) is 3. The van der Waals surface area contributed by atoms with Gasteiger partial charge in [0.25, 0.3) is 5.91 Å². The Hall–Kier alpha value is -2.95. The monoisotopic (exact) mass is 335 g/mol. The minimum atomic E-state index is -0.160. The predicted molar refractivity (Wildman–Crippen MR) is 96.2 cm³/mol. The van der Waals surface area contributed by atoms with Crippen molar-refractivity contribution in [2.75, 3.05) is 7.05 Å². The average molecular weight is 335 g/mol. The van der Waals surface area contributed by atoms with E-state index in [1.807, 2.05) is 56.3 Å². The standard InChI is InChI=1S/C20H21N3O2/c1-14-8-7-11-21-17(14)12-15(2)23(3)20(24)18-13-19(25-22-18)16-9-5-4-6-10-16/h4-11,13,15H,12H2,1-3H3/t15-/m0/s1. The Morgan fingerprint density at radius 1 is 1.20 bits per heavy atom. The van der Waals surface area contributed by atoms with Crippen molar-refractivity contribution >= 4 is 5.91 Å². The molecule has 0 aliphatic carbocycles. The van der Waals surface area contributed by atoms with Crippen LogP contribution < -0.4 is 0 Å². The summed E-state index contributed by atoms with van der Waals surface area (Å²) in [6.07, 6.45) is 2.47. The molecule has 0 aliphatic heterocycles. The summed E-state index contributed by atoms with van der Waals surface area (Å²) in [4.78, 5) is 18.8. The van der Waals surface area contributed by atoms with Crippen LogP contribution in [0.5, 0.6) is 0 Å². The predicted octanol–water partition coefficient (Wildman–Crippen LogP) is 3.75. The first-order valence-electron chi connectivity index (χ1n) is 8.26. The van der Waals surface area contributed by atoms with Gasteiger partial charge in [-0.2, -0.15) is 0 Å². The molecule has 5 heteroatoms. The van der Waals surface area contributed by atoms with Gasteiger partial charge >= 0.3 is 0 Å². The second-order valence-electron chi connectivity index (χ2n) is 6.18. The topological polar surface area (TPSA) is 59.2 Å². The Morgan fingerprint density at radius 2 is 1.96 bits per heavy atom. The SMILES string of the molecule is Cc1cccnc1C[C@H](C)N(C)C(=O)c1cc(-c2ccccc2)on1. The molecular formula is C20H21N3O2. The van der Waals surface area contributed by atoms with Crippen molar-refractivity contribution in [2.45, 2.75) is 26.3 Å². The Balaban J connectivity index is 1.72. The number of rotatable bonds is 5. The number of aromatic nitrogens is 2. The maximum absolute atomic E-state index is 12.7. The van der Waals surface area contributed by atoms with Crippen LogP contribution in [0.2, 0.25) is 0 Å². The van der Waals surface area contributed by atoms with E-state index in [-0.39, 0.29) is 11.9 Å². The van der Waals surface area contributed by atoms with Gasteiger partial charge in [0.2, 0.25) is 0 Å². The van der Waals surface area contributed by atoms with Crippen LogP contribution in [-0.2, 0) is 6.42 Å². The second-order valence-corrected chi connectivity index (χ2v) is 6.18. The number of benzene rings is 1. The molecule has 2 heterocycles. The van der Waals surface area contributed by atoms with Crippen molar-refractivity contribution in [1.29, 1.82) is 0 Å². The normalized spacial score (nSPS) is 12.0. The minimum Gasteiger partial charge on any atom is -0.355 e. The summed E-state index contributed by atoms with van der Waals surface area (Å²) in [6, 6.07) is 15.2. The van der Waals surface area contributed by atoms with E-state index in [1.165, 1.54) is 0 Å². The van der Waals surface area contributed by atoms with Crippen molar-refractivity contribution in [2.24, 2.45) is 0 Å². The highest BCUT2D eigenvalue weighted by Gasteiger charge is 2.22. The third-order valence-corrected chi connectivity index (χ3v) is 4.38. The number of likely N-dealkylation sites (N-methyl/N-ethyl adjacent to an activating group) is 1. The van der Waals surface area contributed by atoms with Crippen LogP contribution >= 0.6 is 0 Å². The number of hydrogen-bond donors (Lipinski definition) is 0. The van der Waals surface area contributed by atoms with Gasteiger partial charge in [0, 0.05) is 43.0 Å². The van der Waals surface area contributed by atoms with Crippen LogP contribution in [0.4, 0.5) is 0 Å². The highest BCUT2D eigenvalue weighted by molar-refractivity contribution is 5.93. The highest BCUT2D eigenvalue weighted by Crippen LogP contribution is 2.21. The van der Waals surface area contributed by atoms with Gasteiger partial charge in [-0.05, 0) is 25.5 Å². The van der Waals surface area contributed by atoms with E-state index in [1.54, 1.807) is 24.2 Å². The zero-order valence-corrected chi connectivity index (χ0v) is 14.6. The lowest BCUT2D eigenvalue weighted by Crippen LogP contribution is -2.37. The van der Waals surface area contributed by atoms with Crippen molar-refractivity contribution < 1.29 is 9.32 Å². The van der Waals surface area contributed by atoms with E-state index in [0.29, 0.717) is 17.9 Å². The van der Waals surface area contributed by atoms with Crippen molar-refractivity contribution in [3.63, 3.8) is 0 Å². The Bertz CT molecular complexity index is 858. The van der Waals surface area contributed by atoms with Crippen molar-refractivity contribution in [3.05, 3.63) is 71.7 Å². The van der Waals surface area contributed by atoms with Gasteiger partial charge in [0.1, 0.15) is 0 Å². The first-order chi connectivity index (χ1) is 12.1. The van der Waals surface area contributed by atoms with E-state index in [4.69, 9.17) is 4.52 Å². The first-order valence-corrected chi connectivity index (χ1v) is 8.26. The summed E-state index contributed by atoms with van der Waals surface area (Å²) >= 11 is 0. The van der Waals surface area contributed by atoms with Crippen LogP contribution in [-0.4, -0.2) is 34.0 Å². The molecule has 0 spiro atoms. The molecule has 3 aromatic rings. The minimum absolute atomic E-state index is 0.00187. The van der Waals surface area contributed by atoms with Crippen LogP contribution in [0.25, 0.3) is 11.3 Å². The van der Waals surface area contributed by atoms with E-state index in [2.05, 4.69) is 10.1 Å². The fraction of sp³-hybridized carbons (Fsp3) is 0.250. The third-order valence-electron chi connectivity index (χ3n) is 4.38. The van der Waals surface area contributed by atoms with Gasteiger partial charge in [-0.1, -0.05) is 41.6 Å². The van der Waals surface area contributed by atoms with E-state index in [9.17, 15) is 4.79 Å². The molecule has 0 N–H and O–H groups in total. The Labute approximate surface area is 147 Å². The summed E-state index contributed by atoms with van der Waals surface area (Å²) in [7, 11) is 1.78. The lowest BCUT2D eigenvalue weighted by Gasteiger charge is -2.24. The van der Waals surface area contributed by atoms with Gasteiger partial charge in [-0.25, -0.2) is 0 Å². The second kappa shape index (κ2) is 7.30. The maximum atomic E-state index is 12.7. The molecule has 1 aromatic carbocycles. The first kappa shape index (κ1) is 16.9. The van der Waals surface area contributed by atoms with Crippen molar-refractivity contribution in [3.8, 4) is 11.3 Å². The molecule has 128 valence electrons. The fourth-order valence-electron chi connectivity index (χ4n) is 2.64. The molecule has 0 saturated carbocycles. The number of aryl methyl sites for hydroxylation is 1. The molecule has 0 unspecified atom stereocenters. The molecular weight excluding hydrogens is 314 g/mol. The lowest BCUT2D eigenvalue weighted by molar-refractivity contribution is 0.0732. The van der Waals surface area contributed by atoms with E-state index < -0.39 is 0 Å². The largest absolute Gasteiger partial charge is 0.355 e. The van der Waals surface area contributed by atoms with E-state index in [0.717, 1.165) is 16.8 Å². The summed E-state index contributed by atoms with van der Waals surface area (Å²) in [6.45, 7) is 4.03. The molecule has 0 aliphatic rings. The molecule has 5 nitrogen and oxygen atoms in total. The summed E-state index contributed by atoms with van der Waals surface area (Å²) in [5, 5.41) is 3.94. The molecule has 0 fully saturated rings. The fourth-order valence-corrected chi connectivity index (χ4v) is 2.64. The van der Waals surface area contributed by atoms with Crippen LogP contribution in [0, 0.1) is 6.92 Å². The zero-order valence-electron chi connectivity index (χ0n) is 14.6. The van der Waals surface area contributed by atoms with Crippen LogP contribution in [0.3, 0.4) is 0 Å². The molecule has 0 saturated heterocycles. The number of amides is 1. The van der Waals surface area contributed by atoms with E-state index >= 15 is 0 Å². The molecule has 0 bridgehead atoms. The van der Waals surface area contributed by atoms with Gasteiger partial charge in [-0.15, -0.1) is 0 Å². The van der Waals surface area contributed by atoms with Gasteiger partial charge in [0.15, 0.2) is 11.5 Å². The number of hydrogen-bond acceptors (Lipinski definition) is 4. The molecule has 1 amide bonds. The molecule has 0 radical (unpaired) electrons. The quantitative estimate of drug-likeness (QED) is 0.712.